The molecule has 0 radical (unpaired) electrons. The van der Waals surface area contributed by atoms with Crippen LogP contribution in [0.5, 0.6) is 0 Å². The minimum atomic E-state index is -0.410. The highest BCUT2D eigenvalue weighted by Gasteiger charge is 2.29. The van der Waals surface area contributed by atoms with Crippen molar-refractivity contribution in [3.05, 3.63) is 59.0 Å². The van der Waals surface area contributed by atoms with Crippen molar-refractivity contribution < 1.29 is 23.5 Å². The van der Waals surface area contributed by atoms with Crippen LogP contribution >= 0.6 is 11.6 Å². The molecule has 2 amide bonds. The van der Waals surface area contributed by atoms with Crippen LogP contribution in [0, 0.1) is 5.92 Å². The molecule has 8 heteroatoms. The number of carbonyl (C=O) groups is 3. The molecule has 0 bridgehead atoms. The smallest absolute Gasteiger partial charge is 0.309 e. The topological polar surface area (TPSA) is 88.9 Å². The lowest BCUT2D eigenvalue weighted by Crippen LogP contribution is -2.41. The number of hydrogen-bond donors (Lipinski definition) is 1. The number of carbonyl (C=O) groups excluding carboxylic acids is 3. The summed E-state index contributed by atoms with van der Waals surface area (Å²) in [6.07, 6.45) is 2.53. The number of ether oxygens (including phenoxy) is 1. The summed E-state index contributed by atoms with van der Waals surface area (Å²) in [4.78, 5) is 38.1. The van der Waals surface area contributed by atoms with Crippen molar-refractivity contribution in [2.45, 2.75) is 19.4 Å². The summed E-state index contributed by atoms with van der Waals surface area (Å²) in [5.74, 6) is -0.572. The Morgan fingerprint density at radius 3 is 2.50 bits per heavy atom. The molecule has 1 aromatic carbocycles. The Morgan fingerprint density at radius 1 is 1.14 bits per heavy atom. The highest BCUT2D eigenvalue weighted by atomic mass is 35.5. The lowest BCUT2D eigenvalue weighted by Gasteiger charge is -2.31. The Balaban J connectivity index is 1.39. The van der Waals surface area contributed by atoms with Gasteiger partial charge in [-0.15, -0.1) is 0 Å². The third kappa shape index (κ3) is 5.36. The molecule has 1 aromatic heterocycles. The van der Waals surface area contributed by atoms with Gasteiger partial charge in [0.25, 0.3) is 11.8 Å². The average Bonchev–Trinajstić information content (AvgIpc) is 3.24. The number of nitrogens with one attached hydrogen (secondary N) is 1. The zero-order valence-electron chi connectivity index (χ0n) is 15.2. The molecule has 2 aromatic rings. The van der Waals surface area contributed by atoms with Gasteiger partial charge in [0, 0.05) is 23.7 Å². The maximum Gasteiger partial charge on any atom is 0.309 e. The van der Waals surface area contributed by atoms with E-state index in [1.54, 1.807) is 41.3 Å². The molecular weight excluding hydrogens is 384 g/mol. The van der Waals surface area contributed by atoms with Crippen molar-refractivity contribution >= 4 is 29.4 Å². The summed E-state index contributed by atoms with van der Waals surface area (Å²) in [6, 6.07) is 10.2. The zero-order chi connectivity index (χ0) is 19.9. The second kappa shape index (κ2) is 9.41. The second-order valence-electron chi connectivity index (χ2n) is 6.54. The van der Waals surface area contributed by atoms with Crippen LogP contribution in [0.3, 0.4) is 0 Å². The predicted molar refractivity (Wildman–Crippen MR) is 102 cm³/mol. The van der Waals surface area contributed by atoms with Crippen LogP contribution in [0.4, 0.5) is 0 Å². The minimum Gasteiger partial charge on any atom is -0.467 e. The maximum absolute atomic E-state index is 12.5. The van der Waals surface area contributed by atoms with Crippen molar-refractivity contribution in [1.82, 2.24) is 10.2 Å². The summed E-state index contributed by atoms with van der Waals surface area (Å²) < 4.78 is 10.2. The van der Waals surface area contributed by atoms with Gasteiger partial charge in [-0.1, -0.05) is 11.6 Å². The molecule has 0 unspecified atom stereocenters. The van der Waals surface area contributed by atoms with Gasteiger partial charge < -0.3 is 19.4 Å². The largest absolute Gasteiger partial charge is 0.467 e. The summed E-state index contributed by atoms with van der Waals surface area (Å²) in [6.45, 7) is 0.843. The number of furan rings is 1. The fourth-order valence-electron chi connectivity index (χ4n) is 3.00. The fourth-order valence-corrected chi connectivity index (χ4v) is 3.12. The van der Waals surface area contributed by atoms with E-state index in [0.29, 0.717) is 42.3 Å². The summed E-state index contributed by atoms with van der Waals surface area (Å²) in [5, 5.41) is 3.19. The molecular formula is C20H21ClN2O5. The van der Waals surface area contributed by atoms with Crippen LogP contribution in [-0.2, 0) is 20.9 Å². The van der Waals surface area contributed by atoms with E-state index < -0.39 is 5.97 Å². The van der Waals surface area contributed by atoms with E-state index in [4.69, 9.17) is 20.8 Å². The van der Waals surface area contributed by atoms with E-state index in [0.717, 1.165) is 0 Å². The van der Waals surface area contributed by atoms with E-state index in [9.17, 15) is 14.4 Å². The first-order valence-electron chi connectivity index (χ1n) is 9.03. The van der Waals surface area contributed by atoms with E-state index >= 15 is 0 Å². The third-order valence-corrected chi connectivity index (χ3v) is 4.84. The number of amides is 2. The zero-order valence-corrected chi connectivity index (χ0v) is 16.0. The Labute approximate surface area is 167 Å². The first kappa shape index (κ1) is 19.9. The van der Waals surface area contributed by atoms with Gasteiger partial charge in [-0.2, -0.15) is 0 Å². The van der Waals surface area contributed by atoms with E-state index in [-0.39, 0.29) is 30.9 Å². The number of benzene rings is 1. The number of nitrogens with zero attached hydrogens (tertiary/aromatic N) is 1. The number of hydrogen-bond acceptors (Lipinski definition) is 5. The summed E-state index contributed by atoms with van der Waals surface area (Å²) in [5.41, 5.74) is 0.568. The number of esters is 1. The third-order valence-electron chi connectivity index (χ3n) is 4.59. The molecule has 1 aliphatic rings. The molecule has 0 aliphatic carbocycles. The predicted octanol–water partition coefficient (Wildman–Crippen LogP) is 2.64. The Hall–Kier alpha value is -2.80. The van der Waals surface area contributed by atoms with Crippen LogP contribution in [-0.4, -0.2) is 42.4 Å². The maximum atomic E-state index is 12.5. The molecule has 148 valence electrons. The quantitative estimate of drug-likeness (QED) is 0.747. The SMILES string of the molecule is O=C(COC(=O)C1CCN(C(=O)c2ccc(Cl)cc2)CC1)NCc1ccco1. The van der Waals surface area contributed by atoms with Crippen LogP contribution in [0.25, 0.3) is 0 Å². The van der Waals surface area contributed by atoms with Crippen LogP contribution in [0.15, 0.2) is 47.1 Å². The highest BCUT2D eigenvalue weighted by molar-refractivity contribution is 6.30. The minimum absolute atomic E-state index is 0.0826. The van der Waals surface area contributed by atoms with Crippen molar-refractivity contribution in [2.24, 2.45) is 5.92 Å². The Bertz CT molecular complexity index is 812. The van der Waals surface area contributed by atoms with Gasteiger partial charge in [0.1, 0.15) is 5.76 Å². The molecule has 7 nitrogen and oxygen atoms in total. The molecule has 1 N–H and O–H groups in total. The van der Waals surface area contributed by atoms with Crippen molar-refractivity contribution in [3.8, 4) is 0 Å². The molecule has 0 spiro atoms. The second-order valence-corrected chi connectivity index (χ2v) is 6.97. The molecule has 0 saturated carbocycles. The van der Waals surface area contributed by atoms with E-state index in [1.165, 1.54) is 6.26 Å². The fraction of sp³-hybridized carbons (Fsp3) is 0.350. The number of rotatable bonds is 6. The number of piperidine rings is 1. The standard InChI is InChI=1S/C20H21ClN2O5/c21-16-5-3-14(4-6-16)19(25)23-9-7-15(8-10-23)20(26)28-13-18(24)22-12-17-2-1-11-27-17/h1-6,11,15H,7-10,12-13H2,(H,22,24). The Morgan fingerprint density at radius 2 is 1.86 bits per heavy atom. The normalized spacial score (nSPS) is 14.5. The van der Waals surface area contributed by atoms with Gasteiger partial charge >= 0.3 is 5.97 Å². The van der Waals surface area contributed by atoms with Crippen LogP contribution in [0.2, 0.25) is 5.02 Å². The summed E-state index contributed by atoms with van der Waals surface area (Å²) in [7, 11) is 0. The number of halogens is 1. The molecule has 1 fully saturated rings. The lowest BCUT2D eigenvalue weighted by molar-refractivity contribution is -0.153. The molecule has 3 rings (SSSR count). The van der Waals surface area contributed by atoms with Gasteiger partial charge in [-0.05, 0) is 49.2 Å². The van der Waals surface area contributed by atoms with Gasteiger partial charge in [0.2, 0.25) is 0 Å². The molecule has 28 heavy (non-hydrogen) atoms. The van der Waals surface area contributed by atoms with Gasteiger partial charge in [-0.3, -0.25) is 14.4 Å². The summed E-state index contributed by atoms with van der Waals surface area (Å²) >= 11 is 5.84. The van der Waals surface area contributed by atoms with Gasteiger partial charge in [0.15, 0.2) is 6.61 Å². The first-order valence-corrected chi connectivity index (χ1v) is 9.41. The number of likely N-dealkylation sites (tertiary alicyclic amines) is 1. The van der Waals surface area contributed by atoms with Gasteiger partial charge in [0.05, 0.1) is 18.7 Å². The molecule has 0 atom stereocenters. The first-order chi connectivity index (χ1) is 13.5. The van der Waals surface area contributed by atoms with Crippen molar-refractivity contribution in [2.75, 3.05) is 19.7 Å². The van der Waals surface area contributed by atoms with Crippen molar-refractivity contribution in [3.63, 3.8) is 0 Å². The molecule has 2 heterocycles. The molecule has 1 saturated heterocycles. The Kier molecular flexibility index (Phi) is 6.71. The van der Waals surface area contributed by atoms with Crippen molar-refractivity contribution in [1.29, 1.82) is 0 Å². The van der Waals surface area contributed by atoms with Crippen LogP contribution in [0.1, 0.15) is 29.0 Å². The highest BCUT2D eigenvalue weighted by Crippen LogP contribution is 2.21. The lowest BCUT2D eigenvalue weighted by atomic mass is 9.96. The average molecular weight is 405 g/mol. The van der Waals surface area contributed by atoms with Gasteiger partial charge in [-0.25, -0.2) is 0 Å². The van der Waals surface area contributed by atoms with E-state index in [1.807, 2.05) is 0 Å². The monoisotopic (exact) mass is 404 g/mol. The van der Waals surface area contributed by atoms with E-state index in [2.05, 4.69) is 5.32 Å². The molecule has 1 aliphatic heterocycles. The van der Waals surface area contributed by atoms with Crippen LogP contribution < -0.4 is 5.32 Å².